The number of ether oxygens (including phenoxy) is 1. The summed E-state index contributed by atoms with van der Waals surface area (Å²) in [6.07, 6.45) is -12.0. The number of fused-ring (bicyclic) bond motifs is 1. The number of cyclic esters (lactones) is 1. The van der Waals surface area contributed by atoms with Crippen LogP contribution < -0.4 is 0 Å². The van der Waals surface area contributed by atoms with Gasteiger partial charge in [-0.1, -0.05) is 19.1 Å². The van der Waals surface area contributed by atoms with Gasteiger partial charge in [-0.15, -0.1) is 0 Å². The maximum absolute atomic E-state index is 13.2. The van der Waals surface area contributed by atoms with Crippen LogP contribution in [0.3, 0.4) is 0 Å². The van der Waals surface area contributed by atoms with Crippen molar-refractivity contribution in [3.8, 4) is 0 Å². The molecule has 2 heterocycles. The molecule has 0 unspecified atom stereocenters. The standard InChI is InChI=1S/C13H13F6NO3/c1-4-6-7(5(2)3)9(21)20-8(6)10(22)23-11(20,12(14,15)16)13(17,18)19/h6-8H,2,4H2,1,3H3/t6-,7+,8-/m0/s1. The topological polar surface area (TPSA) is 46.6 Å². The number of amides is 1. The molecule has 0 spiro atoms. The van der Waals surface area contributed by atoms with Crippen LogP contribution in [0.5, 0.6) is 0 Å². The fourth-order valence-corrected chi connectivity index (χ4v) is 3.31. The van der Waals surface area contributed by atoms with Gasteiger partial charge in [0.25, 0.3) is 0 Å². The Morgan fingerprint density at radius 1 is 1.22 bits per heavy atom. The quantitative estimate of drug-likeness (QED) is 0.439. The van der Waals surface area contributed by atoms with Crippen LogP contribution in [0.15, 0.2) is 12.2 Å². The molecule has 2 rings (SSSR count). The number of rotatable bonds is 2. The lowest BCUT2D eigenvalue weighted by atomic mass is 9.84. The van der Waals surface area contributed by atoms with E-state index >= 15 is 0 Å². The van der Waals surface area contributed by atoms with Gasteiger partial charge >= 0.3 is 24.0 Å². The van der Waals surface area contributed by atoms with Crippen LogP contribution in [-0.4, -0.2) is 40.9 Å². The van der Waals surface area contributed by atoms with Gasteiger partial charge in [0.2, 0.25) is 5.91 Å². The van der Waals surface area contributed by atoms with Crippen molar-refractivity contribution < 1.29 is 40.7 Å². The molecule has 10 heteroatoms. The summed E-state index contributed by atoms with van der Waals surface area (Å²) in [5.41, 5.74) is -4.85. The molecule has 2 saturated heterocycles. The minimum absolute atomic E-state index is 0.0192. The van der Waals surface area contributed by atoms with E-state index < -0.39 is 52.7 Å². The summed E-state index contributed by atoms with van der Waals surface area (Å²) in [5, 5.41) is 0. The summed E-state index contributed by atoms with van der Waals surface area (Å²) in [4.78, 5) is 23.6. The average molecular weight is 345 g/mol. The molecule has 0 aromatic carbocycles. The second-order valence-corrected chi connectivity index (χ2v) is 5.61. The first-order valence-electron chi connectivity index (χ1n) is 6.66. The van der Waals surface area contributed by atoms with E-state index in [2.05, 4.69) is 11.3 Å². The summed E-state index contributed by atoms with van der Waals surface area (Å²) in [6.45, 7) is 6.23. The highest BCUT2D eigenvalue weighted by molar-refractivity contribution is 5.95. The van der Waals surface area contributed by atoms with E-state index in [0.717, 1.165) is 0 Å². The highest BCUT2D eigenvalue weighted by Crippen LogP contribution is 2.57. The molecular formula is C13H13F6NO3. The zero-order valence-electron chi connectivity index (χ0n) is 12.1. The first-order chi connectivity index (χ1) is 10.3. The highest BCUT2D eigenvalue weighted by Gasteiger charge is 2.85. The Kier molecular flexibility index (Phi) is 3.73. The molecule has 2 fully saturated rings. The third-order valence-electron chi connectivity index (χ3n) is 4.22. The molecule has 3 atom stereocenters. The number of esters is 1. The molecule has 23 heavy (non-hydrogen) atoms. The Bertz CT molecular complexity index is 553. The van der Waals surface area contributed by atoms with Crippen LogP contribution in [0, 0.1) is 11.8 Å². The molecule has 0 bridgehead atoms. The molecule has 1 amide bonds. The SMILES string of the molecule is C=C(C)[C@H]1C(=O)N2[C@H](C(=O)OC2(C(F)(F)F)C(F)(F)F)[C@H]1CC. The van der Waals surface area contributed by atoms with Crippen molar-refractivity contribution in [2.75, 3.05) is 0 Å². The van der Waals surface area contributed by atoms with E-state index in [0.29, 0.717) is 0 Å². The van der Waals surface area contributed by atoms with Crippen LogP contribution in [0.25, 0.3) is 0 Å². The van der Waals surface area contributed by atoms with Gasteiger partial charge in [-0.2, -0.15) is 26.3 Å². The van der Waals surface area contributed by atoms with Gasteiger partial charge in [0.15, 0.2) is 0 Å². The smallest absolute Gasteiger partial charge is 0.419 e. The third kappa shape index (κ3) is 2.06. The Morgan fingerprint density at radius 3 is 2.04 bits per heavy atom. The maximum atomic E-state index is 13.2. The van der Waals surface area contributed by atoms with Crippen molar-refractivity contribution >= 4 is 11.9 Å². The van der Waals surface area contributed by atoms with E-state index in [4.69, 9.17) is 0 Å². The number of nitrogens with zero attached hydrogens (tertiary/aromatic N) is 1. The van der Waals surface area contributed by atoms with E-state index in [9.17, 15) is 35.9 Å². The largest absolute Gasteiger partial charge is 0.458 e. The van der Waals surface area contributed by atoms with Crippen molar-refractivity contribution in [1.29, 1.82) is 0 Å². The van der Waals surface area contributed by atoms with Crippen molar-refractivity contribution in [2.45, 2.75) is 44.4 Å². The molecule has 0 radical (unpaired) electrons. The fraction of sp³-hybridized carbons (Fsp3) is 0.692. The summed E-state index contributed by atoms with van der Waals surface area (Å²) in [5.74, 6) is -5.50. The van der Waals surface area contributed by atoms with E-state index in [-0.39, 0.29) is 12.0 Å². The lowest BCUT2D eigenvalue weighted by molar-refractivity contribution is -0.394. The van der Waals surface area contributed by atoms with Crippen molar-refractivity contribution in [1.82, 2.24) is 4.90 Å². The van der Waals surface area contributed by atoms with E-state index in [1.807, 2.05) is 0 Å². The minimum Gasteiger partial charge on any atom is -0.419 e. The van der Waals surface area contributed by atoms with Crippen LogP contribution in [0.1, 0.15) is 20.3 Å². The molecule has 0 N–H and O–H groups in total. The van der Waals surface area contributed by atoms with Gasteiger partial charge in [0, 0.05) is 5.92 Å². The minimum atomic E-state index is -6.02. The molecule has 130 valence electrons. The molecule has 2 aliphatic rings. The summed E-state index contributed by atoms with van der Waals surface area (Å²) in [6, 6.07) is -1.93. The van der Waals surface area contributed by atoms with E-state index in [1.54, 1.807) is 0 Å². The van der Waals surface area contributed by atoms with Gasteiger partial charge in [0.1, 0.15) is 6.04 Å². The van der Waals surface area contributed by atoms with Gasteiger partial charge in [0.05, 0.1) is 5.92 Å². The van der Waals surface area contributed by atoms with Crippen LogP contribution >= 0.6 is 0 Å². The van der Waals surface area contributed by atoms with Crippen LogP contribution in [0.4, 0.5) is 26.3 Å². The Balaban J connectivity index is 2.70. The number of hydrogen-bond donors (Lipinski definition) is 0. The molecule has 0 aliphatic carbocycles. The summed E-state index contributed by atoms with van der Waals surface area (Å²) >= 11 is 0. The second-order valence-electron chi connectivity index (χ2n) is 5.61. The highest BCUT2D eigenvalue weighted by atomic mass is 19.4. The number of hydrogen-bond acceptors (Lipinski definition) is 3. The average Bonchev–Trinajstić information content (AvgIpc) is 2.82. The van der Waals surface area contributed by atoms with Gasteiger partial charge in [-0.3, -0.25) is 9.69 Å². The van der Waals surface area contributed by atoms with Crippen molar-refractivity contribution in [3.63, 3.8) is 0 Å². The van der Waals surface area contributed by atoms with Gasteiger partial charge < -0.3 is 4.74 Å². The predicted molar refractivity (Wildman–Crippen MR) is 63.7 cm³/mol. The molecule has 0 saturated carbocycles. The van der Waals surface area contributed by atoms with Crippen molar-refractivity contribution in [2.24, 2.45) is 11.8 Å². The fourth-order valence-electron chi connectivity index (χ4n) is 3.31. The summed E-state index contributed by atoms with van der Waals surface area (Å²) < 4.78 is 83.2. The third-order valence-corrected chi connectivity index (χ3v) is 4.22. The lowest BCUT2D eigenvalue weighted by Gasteiger charge is -2.37. The Morgan fingerprint density at radius 2 is 1.70 bits per heavy atom. The normalized spacial score (nSPS) is 30.4. The molecule has 0 aromatic heterocycles. The van der Waals surface area contributed by atoms with Gasteiger partial charge in [-0.05, 0) is 13.3 Å². The Hall–Kier alpha value is -1.74. The number of halogens is 6. The Labute approximate surface area is 127 Å². The number of carbonyl (C=O) groups is 2. The predicted octanol–water partition coefficient (Wildman–Crippen LogP) is 2.79. The van der Waals surface area contributed by atoms with Crippen LogP contribution in [-0.2, 0) is 14.3 Å². The van der Waals surface area contributed by atoms with Gasteiger partial charge in [-0.25, -0.2) is 4.79 Å². The second kappa shape index (κ2) is 4.88. The number of alkyl halides is 6. The first-order valence-corrected chi connectivity index (χ1v) is 6.66. The monoisotopic (exact) mass is 345 g/mol. The van der Waals surface area contributed by atoms with Crippen LogP contribution in [0.2, 0.25) is 0 Å². The molecular weight excluding hydrogens is 332 g/mol. The lowest BCUT2D eigenvalue weighted by Crippen LogP contribution is -2.67. The van der Waals surface area contributed by atoms with E-state index in [1.165, 1.54) is 13.8 Å². The molecule has 2 aliphatic heterocycles. The maximum Gasteiger partial charge on any atom is 0.458 e. The molecule has 0 aromatic rings. The first kappa shape index (κ1) is 17.6. The van der Waals surface area contributed by atoms with Crippen molar-refractivity contribution in [3.05, 3.63) is 12.2 Å². The molecule has 4 nitrogen and oxygen atoms in total. The number of carbonyl (C=O) groups excluding carboxylic acids is 2. The zero-order chi connectivity index (χ0) is 18.0. The zero-order valence-corrected chi connectivity index (χ0v) is 12.1. The summed E-state index contributed by atoms with van der Waals surface area (Å²) in [7, 11) is 0.